The maximum atomic E-state index is 12.8. The molecular weight excluding hydrogens is 388 g/mol. The monoisotopic (exact) mass is 420 g/mol. The van der Waals surface area contributed by atoms with Crippen LogP contribution in [-0.2, 0) is 25.6 Å². The molecule has 2 amide bonds. The summed E-state index contributed by atoms with van der Waals surface area (Å²) in [6, 6.07) is 8.30. The van der Waals surface area contributed by atoms with Crippen LogP contribution < -0.4 is 0 Å². The van der Waals surface area contributed by atoms with E-state index in [0.29, 0.717) is 0 Å². The lowest BCUT2D eigenvalue weighted by Gasteiger charge is -2.40. The first-order valence-electron chi connectivity index (χ1n) is 10.0. The number of hydrogen-bond acceptors (Lipinski definition) is 6. The fourth-order valence-corrected chi connectivity index (χ4v) is 2.87. The first-order chi connectivity index (χ1) is 13.9. The van der Waals surface area contributed by atoms with E-state index in [-0.39, 0.29) is 26.2 Å². The number of carbonyl (C=O) groups is 3. The third kappa shape index (κ3) is 7.24. The molecule has 0 aliphatic carbocycles. The van der Waals surface area contributed by atoms with Crippen molar-refractivity contribution in [1.29, 1.82) is 0 Å². The van der Waals surface area contributed by atoms with Gasteiger partial charge in [0.1, 0.15) is 17.8 Å². The van der Waals surface area contributed by atoms with E-state index in [4.69, 9.17) is 14.2 Å². The molecule has 0 bridgehead atoms. The topological polar surface area (TPSA) is 85.4 Å². The Kier molecular flexibility index (Phi) is 7.34. The molecule has 166 valence electrons. The number of hydrogen-bond donors (Lipinski definition) is 0. The second-order valence-electron chi connectivity index (χ2n) is 9.21. The molecule has 0 spiro atoms. The van der Waals surface area contributed by atoms with Crippen molar-refractivity contribution in [1.82, 2.24) is 9.80 Å². The van der Waals surface area contributed by atoms with E-state index in [2.05, 4.69) is 0 Å². The number of nitrogens with zero attached hydrogens (tertiary/aromatic N) is 2. The second-order valence-corrected chi connectivity index (χ2v) is 9.21. The molecule has 0 radical (unpaired) electrons. The van der Waals surface area contributed by atoms with Gasteiger partial charge in [0.15, 0.2) is 6.04 Å². The van der Waals surface area contributed by atoms with Gasteiger partial charge in [-0.2, -0.15) is 0 Å². The smallest absolute Gasteiger partial charge is 0.410 e. The molecule has 8 heteroatoms. The van der Waals surface area contributed by atoms with Gasteiger partial charge in [-0.3, -0.25) is 4.90 Å². The summed E-state index contributed by atoms with van der Waals surface area (Å²) in [5, 5.41) is 0. The molecule has 0 aromatic heterocycles. The van der Waals surface area contributed by atoms with Crippen LogP contribution in [0.15, 0.2) is 30.3 Å². The maximum absolute atomic E-state index is 12.8. The van der Waals surface area contributed by atoms with E-state index in [1.807, 2.05) is 30.3 Å². The molecule has 2 rings (SSSR count). The zero-order valence-electron chi connectivity index (χ0n) is 18.6. The summed E-state index contributed by atoms with van der Waals surface area (Å²) in [5.41, 5.74) is -0.554. The molecule has 1 heterocycles. The average Bonchev–Trinajstić information content (AvgIpc) is 2.63. The molecule has 30 heavy (non-hydrogen) atoms. The van der Waals surface area contributed by atoms with Gasteiger partial charge in [-0.15, -0.1) is 0 Å². The zero-order valence-corrected chi connectivity index (χ0v) is 18.6. The van der Waals surface area contributed by atoms with Gasteiger partial charge in [0, 0.05) is 13.1 Å². The van der Waals surface area contributed by atoms with E-state index < -0.39 is 35.4 Å². The van der Waals surface area contributed by atoms with Gasteiger partial charge in [0.2, 0.25) is 0 Å². The van der Waals surface area contributed by atoms with Gasteiger partial charge >= 0.3 is 18.2 Å². The molecular formula is C22H32N2O6. The predicted molar refractivity (Wildman–Crippen MR) is 111 cm³/mol. The Morgan fingerprint density at radius 1 is 0.900 bits per heavy atom. The Labute approximate surface area is 178 Å². The molecule has 1 aromatic carbocycles. The standard InChI is InChI=1S/C22H32N2O6/c1-21(2,3)29-18(25)17-14-23(19(26)30-22(4,5)6)12-13-24(17)20(27)28-15-16-10-8-7-9-11-16/h7-11,17H,12-15H2,1-6H3. The third-order valence-electron chi connectivity index (χ3n) is 4.15. The van der Waals surface area contributed by atoms with E-state index in [0.717, 1.165) is 5.56 Å². The van der Waals surface area contributed by atoms with Crippen molar-refractivity contribution in [3.8, 4) is 0 Å². The first-order valence-corrected chi connectivity index (χ1v) is 10.0. The average molecular weight is 421 g/mol. The van der Waals surface area contributed by atoms with Crippen LogP contribution in [0.1, 0.15) is 47.1 Å². The minimum atomic E-state index is -0.978. The minimum Gasteiger partial charge on any atom is -0.458 e. The van der Waals surface area contributed by atoms with E-state index >= 15 is 0 Å². The lowest BCUT2D eigenvalue weighted by Crippen LogP contribution is -2.60. The summed E-state index contributed by atoms with van der Waals surface area (Å²) >= 11 is 0. The van der Waals surface area contributed by atoms with E-state index in [9.17, 15) is 14.4 Å². The van der Waals surface area contributed by atoms with Crippen LogP contribution in [0.25, 0.3) is 0 Å². The van der Waals surface area contributed by atoms with Crippen LogP contribution in [0, 0.1) is 0 Å². The molecule has 1 aromatic rings. The van der Waals surface area contributed by atoms with Crippen LogP contribution in [0.3, 0.4) is 0 Å². The summed E-state index contributed by atoms with van der Waals surface area (Å²) < 4.78 is 16.3. The van der Waals surface area contributed by atoms with E-state index in [1.165, 1.54) is 9.80 Å². The third-order valence-corrected chi connectivity index (χ3v) is 4.15. The van der Waals surface area contributed by atoms with Gasteiger partial charge in [0.05, 0.1) is 6.54 Å². The minimum absolute atomic E-state index is 0.0235. The molecule has 0 saturated carbocycles. The Morgan fingerprint density at radius 3 is 2.07 bits per heavy atom. The highest BCUT2D eigenvalue weighted by Crippen LogP contribution is 2.19. The highest BCUT2D eigenvalue weighted by atomic mass is 16.6. The summed E-state index contributed by atoms with van der Waals surface area (Å²) in [7, 11) is 0. The lowest BCUT2D eigenvalue weighted by atomic mass is 10.1. The highest BCUT2D eigenvalue weighted by molar-refractivity contribution is 5.83. The Hall–Kier alpha value is -2.77. The van der Waals surface area contributed by atoms with Gasteiger partial charge < -0.3 is 19.1 Å². The molecule has 0 N–H and O–H groups in total. The van der Waals surface area contributed by atoms with Crippen LogP contribution in [0.2, 0.25) is 0 Å². The number of ether oxygens (including phenoxy) is 3. The summed E-state index contributed by atoms with van der Waals surface area (Å²) in [6.45, 7) is 11.0. The molecule has 1 fully saturated rings. The fraction of sp³-hybridized carbons (Fsp3) is 0.591. The molecule has 1 aliphatic rings. The quantitative estimate of drug-likeness (QED) is 0.549. The van der Waals surface area contributed by atoms with Gasteiger partial charge in [0.25, 0.3) is 0 Å². The largest absolute Gasteiger partial charge is 0.458 e. The van der Waals surface area contributed by atoms with Crippen molar-refractivity contribution in [2.75, 3.05) is 19.6 Å². The van der Waals surface area contributed by atoms with Gasteiger partial charge in [-0.05, 0) is 47.1 Å². The number of benzene rings is 1. The van der Waals surface area contributed by atoms with Crippen molar-refractivity contribution in [2.45, 2.75) is 65.4 Å². The SMILES string of the molecule is CC(C)(C)OC(=O)C1CN(C(=O)OC(C)(C)C)CCN1C(=O)OCc1ccccc1. The maximum Gasteiger partial charge on any atom is 0.410 e. The van der Waals surface area contributed by atoms with Crippen LogP contribution in [-0.4, -0.2) is 64.8 Å². The van der Waals surface area contributed by atoms with Crippen LogP contribution in [0.5, 0.6) is 0 Å². The Balaban J connectivity index is 2.11. The van der Waals surface area contributed by atoms with Crippen LogP contribution in [0.4, 0.5) is 9.59 Å². The van der Waals surface area contributed by atoms with Crippen molar-refractivity contribution in [2.24, 2.45) is 0 Å². The summed E-state index contributed by atoms with van der Waals surface area (Å²) in [5.74, 6) is -0.590. The fourth-order valence-electron chi connectivity index (χ4n) is 2.87. The number of amides is 2. The molecule has 1 unspecified atom stereocenters. The number of esters is 1. The normalized spacial score (nSPS) is 17.3. The van der Waals surface area contributed by atoms with E-state index in [1.54, 1.807) is 41.5 Å². The number of piperazine rings is 1. The summed E-state index contributed by atoms with van der Waals surface area (Å²) in [4.78, 5) is 40.7. The number of carbonyl (C=O) groups excluding carboxylic acids is 3. The highest BCUT2D eigenvalue weighted by Gasteiger charge is 2.41. The van der Waals surface area contributed by atoms with Gasteiger partial charge in [-0.25, -0.2) is 14.4 Å². The molecule has 1 saturated heterocycles. The number of rotatable bonds is 3. The molecule has 8 nitrogen and oxygen atoms in total. The predicted octanol–water partition coefficient (Wildman–Crippen LogP) is 3.59. The molecule has 1 atom stereocenters. The summed E-state index contributed by atoms with van der Waals surface area (Å²) in [6.07, 6.45) is -1.16. The van der Waals surface area contributed by atoms with Crippen molar-refractivity contribution in [3.63, 3.8) is 0 Å². The van der Waals surface area contributed by atoms with Crippen molar-refractivity contribution in [3.05, 3.63) is 35.9 Å². The van der Waals surface area contributed by atoms with Gasteiger partial charge in [-0.1, -0.05) is 30.3 Å². The Bertz CT molecular complexity index is 751. The zero-order chi connectivity index (χ0) is 22.5. The Morgan fingerprint density at radius 2 is 1.50 bits per heavy atom. The van der Waals surface area contributed by atoms with Crippen molar-refractivity contribution < 1.29 is 28.6 Å². The molecule has 1 aliphatic heterocycles. The van der Waals surface area contributed by atoms with Crippen LogP contribution >= 0.6 is 0 Å². The lowest BCUT2D eigenvalue weighted by molar-refractivity contribution is -0.162. The first kappa shape index (κ1) is 23.5. The second kappa shape index (κ2) is 9.36. The van der Waals surface area contributed by atoms with Crippen molar-refractivity contribution >= 4 is 18.2 Å².